The van der Waals surface area contributed by atoms with Gasteiger partial charge in [-0.05, 0) is 49.4 Å². The predicted octanol–water partition coefficient (Wildman–Crippen LogP) is 1.66. The molecule has 1 aliphatic carbocycles. The SMILES string of the molecule is Cc1cc(F)ccc1S(=O)(=O)NC(c1cnn(C)c1)C1CC(O)C1. The average Bonchev–Trinajstić information content (AvgIpc) is 2.88. The van der Waals surface area contributed by atoms with Crippen molar-refractivity contribution in [3.8, 4) is 0 Å². The van der Waals surface area contributed by atoms with E-state index in [-0.39, 0.29) is 10.8 Å². The molecule has 24 heavy (non-hydrogen) atoms. The number of sulfonamides is 1. The second-order valence-corrected chi connectivity index (χ2v) is 8.02. The summed E-state index contributed by atoms with van der Waals surface area (Å²) in [6, 6.07) is 3.12. The number of aliphatic hydroxyl groups is 1. The lowest BCUT2D eigenvalue weighted by atomic mass is 9.76. The summed E-state index contributed by atoms with van der Waals surface area (Å²) >= 11 is 0. The summed E-state index contributed by atoms with van der Waals surface area (Å²) in [5.41, 5.74) is 1.10. The van der Waals surface area contributed by atoms with Crippen LogP contribution < -0.4 is 4.72 Å². The lowest BCUT2D eigenvalue weighted by molar-refractivity contribution is 0.0280. The van der Waals surface area contributed by atoms with Crippen molar-refractivity contribution >= 4 is 10.0 Å². The molecular formula is C16H20FN3O3S. The quantitative estimate of drug-likeness (QED) is 0.856. The summed E-state index contributed by atoms with van der Waals surface area (Å²) in [5.74, 6) is -0.475. The van der Waals surface area contributed by atoms with E-state index in [2.05, 4.69) is 9.82 Å². The Balaban J connectivity index is 1.91. The van der Waals surface area contributed by atoms with E-state index in [1.165, 1.54) is 12.1 Å². The molecule has 3 rings (SSSR count). The summed E-state index contributed by atoms with van der Waals surface area (Å²) < 4.78 is 43.1. The number of benzene rings is 1. The Hall–Kier alpha value is -1.77. The molecule has 8 heteroatoms. The summed E-state index contributed by atoms with van der Waals surface area (Å²) in [6.45, 7) is 1.56. The Kier molecular flexibility index (Phi) is 4.46. The maximum absolute atomic E-state index is 13.2. The summed E-state index contributed by atoms with van der Waals surface area (Å²) in [6.07, 6.45) is 4.05. The van der Waals surface area contributed by atoms with Gasteiger partial charge < -0.3 is 5.11 Å². The number of rotatable bonds is 5. The van der Waals surface area contributed by atoms with Gasteiger partial charge in [0.15, 0.2) is 0 Å². The minimum Gasteiger partial charge on any atom is -0.393 e. The molecular weight excluding hydrogens is 333 g/mol. The molecule has 0 bridgehead atoms. The molecule has 0 saturated heterocycles. The van der Waals surface area contributed by atoms with Gasteiger partial charge >= 0.3 is 0 Å². The van der Waals surface area contributed by atoms with Crippen LogP contribution in [0, 0.1) is 18.7 Å². The van der Waals surface area contributed by atoms with Crippen molar-refractivity contribution in [2.45, 2.75) is 36.8 Å². The summed E-state index contributed by atoms with van der Waals surface area (Å²) in [5, 5.41) is 13.7. The number of aryl methyl sites for hydroxylation is 2. The van der Waals surface area contributed by atoms with E-state index >= 15 is 0 Å². The Bertz CT molecular complexity index is 844. The third-order valence-electron chi connectivity index (χ3n) is 4.41. The molecule has 130 valence electrons. The second kappa shape index (κ2) is 6.27. The van der Waals surface area contributed by atoms with Crippen molar-refractivity contribution in [2.24, 2.45) is 13.0 Å². The standard InChI is InChI=1S/C16H20FN3O3S/c1-10-5-13(17)3-4-15(10)24(22,23)19-16(11-6-14(21)7-11)12-8-18-20(2)9-12/h3-5,8-9,11,14,16,19,21H,6-7H2,1-2H3. The molecule has 2 N–H and O–H groups in total. The highest BCUT2D eigenvalue weighted by molar-refractivity contribution is 7.89. The minimum absolute atomic E-state index is 0.000250. The molecule has 0 radical (unpaired) electrons. The van der Waals surface area contributed by atoms with Crippen LogP contribution in [-0.2, 0) is 17.1 Å². The Morgan fingerprint density at radius 2 is 2.12 bits per heavy atom. The number of nitrogens with one attached hydrogen (secondary N) is 1. The average molecular weight is 353 g/mol. The first-order valence-electron chi connectivity index (χ1n) is 7.71. The maximum atomic E-state index is 13.2. The third-order valence-corrected chi connectivity index (χ3v) is 6.01. The smallest absolute Gasteiger partial charge is 0.241 e. The van der Waals surface area contributed by atoms with Crippen LogP contribution in [0.4, 0.5) is 4.39 Å². The van der Waals surface area contributed by atoms with E-state index in [9.17, 15) is 17.9 Å². The summed E-state index contributed by atoms with van der Waals surface area (Å²) in [4.78, 5) is 0.0534. The van der Waals surface area contributed by atoms with Crippen molar-refractivity contribution in [1.29, 1.82) is 0 Å². The van der Waals surface area contributed by atoms with Crippen molar-refractivity contribution in [2.75, 3.05) is 0 Å². The number of nitrogens with zero attached hydrogens (tertiary/aromatic N) is 2. The van der Waals surface area contributed by atoms with E-state index in [0.29, 0.717) is 18.4 Å². The fourth-order valence-corrected chi connectivity index (χ4v) is 4.60. The van der Waals surface area contributed by atoms with Crippen LogP contribution in [0.25, 0.3) is 0 Å². The van der Waals surface area contributed by atoms with Gasteiger partial charge in [0.05, 0.1) is 23.2 Å². The fourth-order valence-electron chi connectivity index (χ4n) is 3.08. The van der Waals surface area contributed by atoms with Gasteiger partial charge in [-0.1, -0.05) is 0 Å². The van der Waals surface area contributed by atoms with Crippen molar-refractivity contribution in [3.05, 3.63) is 47.5 Å². The Labute approximate surface area is 140 Å². The highest BCUT2D eigenvalue weighted by Crippen LogP contribution is 2.39. The van der Waals surface area contributed by atoms with Crippen molar-refractivity contribution < 1.29 is 17.9 Å². The molecule has 1 aliphatic rings. The van der Waals surface area contributed by atoms with E-state index in [0.717, 1.165) is 11.6 Å². The normalized spacial score (nSPS) is 22.2. The van der Waals surface area contributed by atoms with Crippen LogP contribution in [-0.4, -0.2) is 29.4 Å². The molecule has 1 unspecified atom stereocenters. The van der Waals surface area contributed by atoms with Gasteiger partial charge in [0, 0.05) is 18.8 Å². The van der Waals surface area contributed by atoms with E-state index in [1.807, 2.05) is 0 Å². The maximum Gasteiger partial charge on any atom is 0.241 e. The van der Waals surface area contributed by atoms with E-state index in [1.54, 1.807) is 31.0 Å². The number of aliphatic hydroxyl groups excluding tert-OH is 1. The van der Waals surface area contributed by atoms with Crippen LogP contribution in [0.15, 0.2) is 35.5 Å². The van der Waals surface area contributed by atoms with Crippen LogP contribution in [0.1, 0.15) is 30.0 Å². The number of aromatic nitrogens is 2. The molecule has 0 amide bonds. The lowest BCUT2D eigenvalue weighted by Gasteiger charge is -2.37. The zero-order valence-corrected chi connectivity index (χ0v) is 14.3. The third kappa shape index (κ3) is 3.35. The van der Waals surface area contributed by atoms with Gasteiger partial charge in [0.1, 0.15) is 5.82 Å². The molecule has 6 nitrogen and oxygen atoms in total. The predicted molar refractivity (Wildman–Crippen MR) is 86.1 cm³/mol. The minimum atomic E-state index is -3.82. The van der Waals surface area contributed by atoms with Gasteiger partial charge in [-0.3, -0.25) is 4.68 Å². The van der Waals surface area contributed by atoms with Gasteiger partial charge in [0.25, 0.3) is 0 Å². The first-order valence-corrected chi connectivity index (χ1v) is 9.19. The first-order chi connectivity index (χ1) is 11.3. The van der Waals surface area contributed by atoms with Crippen LogP contribution in [0.2, 0.25) is 0 Å². The van der Waals surface area contributed by atoms with E-state index in [4.69, 9.17) is 0 Å². The first kappa shape index (κ1) is 17.1. The van der Waals surface area contributed by atoms with Gasteiger partial charge in [-0.2, -0.15) is 5.10 Å². The molecule has 0 aliphatic heterocycles. The van der Waals surface area contributed by atoms with Crippen LogP contribution >= 0.6 is 0 Å². The van der Waals surface area contributed by atoms with Crippen LogP contribution in [0.5, 0.6) is 0 Å². The molecule has 0 spiro atoms. The number of hydrogen-bond donors (Lipinski definition) is 2. The van der Waals surface area contributed by atoms with Gasteiger partial charge in [-0.25, -0.2) is 17.5 Å². The van der Waals surface area contributed by atoms with Crippen LogP contribution in [0.3, 0.4) is 0 Å². The monoisotopic (exact) mass is 353 g/mol. The Morgan fingerprint density at radius 1 is 1.42 bits per heavy atom. The highest BCUT2D eigenvalue weighted by Gasteiger charge is 2.38. The number of hydrogen-bond acceptors (Lipinski definition) is 4. The molecule has 2 aromatic rings. The molecule has 1 fully saturated rings. The second-order valence-electron chi connectivity index (χ2n) is 6.34. The lowest BCUT2D eigenvalue weighted by Crippen LogP contribution is -2.41. The van der Waals surface area contributed by atoms with Crippen molar-refractivity contribution in [3.63, 3.8) is 0 Å². The Morgan fingerprint density at radius 3 is 2.67 bits per heavy atom. The largest absolute Gasteiger partial charge is 0.393 e. The molecule has 1 aromatic carbocycles. The topological polar surface area (TPSA) is 84.2 Å². The molecule has 1 atom stereocenters. The highest BCUT2D eigenvalue weighted by atomic mass is 32.2. The molecule has 1 saturated carbocycles. The van der Waals surface area contributed by atoms with Gasteiger partial charge in [0.2, 0.25) is 10.0 Å². The summed E-state index contributed by atoms with van der Waals surface area (Å²) in [7, 11) is -2.06. The van der Waals surface area contributed by atoms with E-state index < -0.39 is 28.0 Å². The molecule has 1 aromatic heterocycles. The zero-order chi connectivity index (χ0) is 17.5. The van der Waals surface area contributed by atoms with Crippen molar-refractivity contribution in [1.82, 2.24) is 14.5 Å². The number of halogens is 1. The molecule has 1 heterocycles. The van der Waals surface area contributed by atoms with Gasteiger partial charge in [-0.15, -0.1) is 0 Å². The zero-order valence-electron chi connectivity index (χ0n) is 13.5. The fraction of sp³-hybridized carbons (Fsp3) is 0.438.